The van der Waals surface area contributed by atoms with Gasteiger partial charge in [0.2, 0.25) is 5.70 Å². The van der Waals surface area contributed by atoms with Crippen LogP contribution in [-0.2, 0) is 0 Å². The topological polar surface area (TPSA) is 43.1 Å². The molecule has 0 saturated carbocycles. The maximum atomic E-state index is 10.8. The Morgan fingerprint density at radius 3 is 2.84 bits per heavy atom. The highest BCUT2D eigenvalue weighted by Crippen LogP contribution is 2.31. The van der Waals surface area contributed by atoms with Crippen LogP contribution in [0.25, 0.3) is 16.5 Å². The lowest BCUT2D eigenvalue weighted by Gasteiger charge is -1.97. The van der Waals surface area contributed by atoms with Crippen LogP contribution in [0.4, 0.5) is 0 Å². The molecule has 19 heavy (non-hydrogen) atoms. The Labute approximate surface area is 120 Å². The van der Waals surface area contributed by atoms with Gasteiger partial charge in [0.1, 0.15) is 0 Å². The number of nitro groups is 1. The SMILES string of the molecule is CCC(=Cc1ccc(-c2cccc(Cl)c2)s1)[N+](=O)[O-]. The molecule has 0 saturated heterocycles. The summed E-state index contributed by atoms with van der Waals surface area (Å²) in [6, 6.07) is 11.4. The van der Waals surface area contributed by atoms with Crippen LogP contribution in [-0.4, -0.2) is 4.92 Å². The van der Waals surface area contributed by atoms with Crippen molar-refractivity contribution in [2.75, 3.05) is 0 Å². The van der Waals surface area contributed by atoms with E-state index in [1.807, 2.05) is 36.4 Å². The minimum atomic E-state index is -0.335. The van der Waals surface area contributed by atoms with Crippen LogP contribution >= 0.6 is 22.9 Å². The molecule has 2 aromatic rings. The molecule has 1 aromatic carbocycles. The summed E-state index contributed by atoms with van der Waals surface area (Å²) in [5, 5.41) is 11.5. The van der Waals surface area contributed by atoms with E-state index in [0.717, 1.165) is 15.3 Å². The molecule has 0 radical (unpaired) electrons. The average molecular weight is 294 g/mol. The minimum Gasteiger partial charge on any atom is -0.259 e. The molecule has 5 heteroatoms. The number of thiophene rings is 1. The third-order valence-electron chi connectivity index (χ3n) is 2.64. The molecule has 0 aliphatic rings. The number of allylic oxidation sites excluding steroid dienone is 1. The molecule has 1 aromatic heterocycles. The van der Waals surface area contributed by atoms with Crippen molar-refractivity contribution in [3.05, 3.63) is 62.1 Å². The molecule has 0 spiro atoms. The predicted octanol–water partition coefficient (Wildman–Crippen LogP) is 5.10. The highest BCUT2D eigenvalue weighted by molar-refractivity contribution is 7.16. The summed E-state index contributed by atoms with van der Waals surface area (Å²) >= 11 is 7.47. The van der Waals surface area contributed by atoms with Gasteiger partial charge in [-0.25, -0.2) is 0 Å². The number of rotatable bonds is 4. The highest BCUT2D eigenvalue weighted by Gasteiger charge is 2.09. The van der Waals surface area contributed by atoms with Crippen molar-refractivity contribution in [3.8, 4) is 10.4 Å². The highest BCUT2D eigenvalue weighted by atomic mass is 35.5. The molecule has 0 N–H and O–H groups in total. The third kappa shape index (κ3) is 3.43. The van der Waals surface area contributed by atoms with E-state index in [2.05, 4.69) is 0 Å². The fraction of sp³-hybridized carbons (Fsp3) is 0.143. The van der Waals surface area contributed by atoms with Gasteiger partial charge in [-0.15, -0.1) is 11.3 Å². The van der Waals surface area contributed by atoms with Gasteiger partial charge in [0.15, 0.2) is 0 Å². The van der Waals surface area contributed by atoms with E-state index in [0.29, 0.717) is 11.4 Å². The summed E-state index contributed by atoms with van der Waals surface area (Å²) in [4.78, 5) is 12.4. The van der Waals surface area contributed by atoms with Crippen molar-refractivity contribution in [2.24, 2.45) is 0 Å². The summed E-state index contributed by atoms with van der Waals surface area (Å²) in [7, 11) is 0. The van der Waals surface area contributed by atoms with Crippen molar-refractivity contribution >= 4 is 29.0 Å². The van der Waals surface area contributed by atoms with Gasteiger partial charge in [0.25, 0.3) is 0 Å². The van der Waals surface area contributed by atoms with Gasteiger partial charge in [-0.05, 0) is 29.8 Å². The van der Waals surface area contributed by atoms with Crippen LogP contribution in [0.1, 0.15) is 18.2 Å². The molecule has 0 aliphatic carbocycles. The molecule has 1 heterocycles. The number of nitrogens with zero attached hydrogens (tertiary/aromatic N) is 1. The fourth-order valence-corrected chi connectivity index (χ4v) is 2.83. The second-order valence-electron chi connectivity index (χ2n) is 3.96. The van der Waals surface area contributed by atoms with Crippen molar-refractivity contribution in [1.82, 2.24) is 0 Å². The maximum Gasteiger partial charge on any atom is 0.247 e. The van der Waals surface area contributed by atoms with Gasteiger partial charge in [0.05, 0.1) is 4.92 Å². The van der Waals surface area contributed by atoms with E-state index in [4.69, 9.17) is 11.6 Å². The molecular formula is C14H12ClNO2S. The van der Waals surface area contributed by atoms with Crippen LogP contribution in [0.5, 0.6) is 0 Å². The van der Waals surface area contributed by atoms with Crippen LogP contribution in [0.3, 0.4) is 0 Å². The molecule has 98 valence electrons. The molecule has 3 nitrogen and oxygen atoms in total. The standard InChI is InChI=1S/C14H12ClNO2S/c1-2-12(16(17)18)9-13-6-7-14(19-13)10-4-3-5-11(15)8-10/h3-9H,2H2,1H3. The van der Waals surface area contributed by atoms with Crippen molar-refractivity contribution in [1.29, 1.82) is 0 Å². The van der Waals surface area contributed by atoms with Gasteiger partial charge in [-0.2, -0.15) is 0 Å². The molecule has 0 fully saturated rings. The first kappa shape index (κ1) is 13.8. The van der Waals surface area contributed by atoms with Gasteiger partial charge in [-0.3, -0.25) is 10.1 Å². The summed E-state index contributed by atoms with van der Waals surface area (Å²) < 4.78 is 0. The Bertz CT molecular complexity index is 634. The number of benzene rings is 1. The molecule has 0 amide bonds. The van der Waals surface area contributed by atoms with Gasteiger partial charge in [0, 0.05) is 27.3 Å². The largest absolute Gasteiger partial charge is 0.259 e. The molecular weight excluding hydrogens is 282 g/mol. The summed E-state index contributed by atoms with van der Waals surface area (Å²) in [5.74, 6) is 0. The van der Waals surface area contributed by atoms with E-state index in [-0.39, 0.29) is 10.6 Å². The molecule has 0 bridgehead atoms. The van der Waals surface area contributed by atoms with Crippen LogP contribution in [0, 0.1) is 10.1 Å². The van der Waals surface area contributed by atoms with Gasteiger partial charge >= 0.3 is 0 Å². The third-order valence-corrected chi connectivity index (χ3v) is 3.96. The Morgan fingerprint density at radius 1 is 1.42 bits per heavy atom. The van der Waals surface area contributed by atoms with Gasteiger partial charge in [-0.1, -0.05) is 30.7 Å². The van der Waals surface area contributed by atoms with Crippen LogP contribution < -0.4 is 0 Å². The zero-order valence-electron chi connectivity index (χ0n) is 10.3. The van der Waals surface area contributed by atoms with E-state index in [1.54, 1.807) is 13.0 Å². The number of hydrogen-bond donors (Lipinski definition) is 0. The van der Waals surface area contributed by atoms with Crippen molar-refractivity contribution < 1.29 is 4.92 Å². The fourth-order valence-electron chi connectivity index (χ4n) is 1.68. The summed E-state index contributed by atoms with van der Waals surface area (Å²) in [6.07, 6.45) is 2.04. The van der Waals surface area contributed by atoms with E-state index in [1.165, 1.54) is 11.3 Å². The predicted molar refractivity (Wildman–Crippen MR) is 80.0 cm³/mol. The first-order valence-electron chi connectivity index (χ1n) is 5.81. The smallest absolute Gasteiger partial charge is 0.247 e. The zero-order chi connectivity index (χ0) is 13.8. The first-order valence-corrected chi connectivity index (χ1v) is 7.00. The van der Waals surface area contributed by atoms with Gasteiger partial charge < -0.3 is 0 Å². The molecule has 0 aliphatic heterocycles. The Hall–Kier alpha value is -1.65. The van der Waals surface area contributed by atoms with Crippen LogP contribution in [0.15, 0.2) is 42.1 Å². The quantitative estimate of drug-likeness (QED) is 0.581. The van der Waals surface area contributed by atoms with Crippen LogP contribution in [0.2, 0.25) is 5.02 Å². The lowest BCUT2D eigenvalue weighted by molar-refractivity contribution is -0.425. The second-order valence-corrected chi connectivity index (χ2v) is 5.51. The Kier molecular flexibility index (Phi) is 4.35. The van der Waals surface area contributed by atoms with E-state index < -0.39 is 0 Å². The first-order chi connectivity index (χ1) is 9.10. The summed E-state index contributed by atoms with van der Waals surface area (Å²) in [6.45, 7) is 1.78. The Morgan fingerprint density at radius 2 is 2.21 bits per heavy atom. The number of hydrogen-bond acceptors (Lipinski definition) is 3. The normalized spacial score (nSPS) is 11.6. The lowest BCUT2D eigenvalue weighted by atomic mass is 10.2. The summed E-state index contributed by atoms with van der Waals surface area (Å²) in [5.41, 5.74) is 1.25. The number of halogens is 1. The zero-order valence-corrected chi connectivity index (χ0v) is 11.9. The second kappa shape index (κ2) is 5.99. The monoisotopic (exact) mass is 293 g/mol. The Balaban J connectivity index is 2.31. The van der Waals surface area contributed by atoms with E-state index >= 15 is 0 Å². The lowest BCUT2D eigenvalue weighted by Crippen LogP contribution is -1.95. The van der Waals surface area contributed by atoms with Crippen molar-refractivity contribution in [3.63, 3.8) is 0 Å². The maximum absolute atomic E-state index is 10.8. The molecule has 2 rings (SSSR count). The average Bonchev–Trinajstić information content (AvgIpc) is 2.84. The minimum absolute atomic E-state index is 0.222. The van der Waals surface area contributed by atoms with Crippen molar-refractivity contribution in [2.45, 2.75) is 13.3 Å². The van der Waals surface area contributed by atoms with E-state index in [9.17, 15) is 10.1 Å². The molecule has 0 atom stereocenters. The molecule has 0 unspecified atom stereocenters.